The highest BCUT2D eigenvalue weighted by molar-refractivity contribution is 6.02. The predicted molar refractivity (Wildman–Crippen MR) is 140 cm³/mol. The van der Waals surface area contributed by atoms with Crippen LogP contribution < -0.4 is 4.74 Å². The molecule has 172 valence electrons. The van der Waals surface area contributed by atoms with Gasteiger partial charge in [-0.3, -0.25) is 0 Å². The van der Waals surface area contributed by atoms with Crippen molar-refractivity contribution in [2.75, 3.05) is 13.7 Å². The Bertz CT molecular complexity index is 1240. The van der Waals surface area contributed by atoms with Crippen molar-refractivity contribution in [3.63, 3.8) is 0 Å². The van der Waals surface area contributed by atoms with Gasteiger partial charge in [-0.15, -0.1) is 0 Å². The zero-order chi connectivity index (χ0) is 23.9. The average molecular weight is 451 g/mol. The van der Waals surface area contributed by atoms with Crippen molar-refractivity contribution in [2.24, 2.45) is 0 Å². The lowest BCUT2D eigenvalue weighted by molar-refractivity contribution is -0.137. The van der Waals surface area contributed by atoms with Crippen LogP contribution in [-0.2, 0) is 16.0 Å². The molecule has 1 aliphatic rings. The van der Waals surface area contributed by atoms with E-state index in [1.54, 1.807) is 20.1 Å². The van der Waals surface area contributed by atoms with E-state index in [1.165, 1.54) is 45.0 Å². The highest BCUT2D eigenvalue weighted by atomic mass is 16.5. The van der Waals surface area contributed by atoms with Crippen LogP contribution in [0.1, 0.15) is 48.1 Å². The van der Waals surface area contributed by atoms with Crippen LogP contribution >= 0.6 is 0 Å². The smallest absolute Gasteiger partial charge is 0.330 e. The lowest BCUT2D eigenvalue weighted by atomic mass is 9.87. The van der Waals surface area contributed by atoms with Crippen molar-refractivity contribution in [3.8, 4) is 5.75 Å². The van der Waals surface area contributed by atoms with Crippen molar-refractivity contribution < 1.29 is 14.3 Å². The third kappa shape index (κ3) is 5.20. The maximum atomic E-state index is 11.7. The lowest BCUT2D eigenvalue weighted by Crippen LogP contribution is -1.99. The minimum absolute atomic E-state index is 0.325. The van der Waals surface area contributed by atoms with E-state index in [0.29, 0.717) is 6.61 Å². The molecule has 4 rings (SSSR count). The average Bonchev–Trinajstić information content (AvgIpc) is 3.30. The molecule has 0 aromatic heterocycles. The number of carbonyl (C=O) groups excluding carboxylic acids is 1. The molecule has 0 spiro atoms. The Kier molecular flexibility index (Phi) is 7.44. The van der Waals surface area contributed by atoms with E-state index in [-0.39, 0.29) is 5.97 Å². The van der Waals surface area contributed by atoms with Crippen LogP contribution in [0, 0.1) is 0 Å². The van der Waals surface area contributed by atoms with Crippen LogP contribution in [0.25, 0.3) is 23.3 Å². The molecule has 3 aromatic carbocycles. The quantitative estimate of drug-likeness (QED) is 0.206. The third-order valence-corrected chi connectivity index (χ3v) is 6.08. The number of ether oxygens (including phenoxy) is 2. The minimum atomic E-state index is -0.325. The number of hydrogen-bond donors (Lipinski definition) is 0. The summed E-state index contributed by atoms with van der Waals surface area (Å²) in [6.45, 7) is 4.39. The van der Waals surface area contributed by atoms with Crippen molar-refractivity contribution in [1.29, 1.82) is 0 Å². The molecular weight excluding hydrogens is 420 g/mol. The SMILES string of the molecule is CCOC(=O)/C=C/c1ccc(/C(C2=Cc3ccccc3C2)=C(/CC)c2ccc(OC)cc2)cc1. The largest absolute Gasteiger partial charge is 0.497 e. The maximum absolute atomic E-state index is 11.7. The Balaban J connectivity index is 1.77. The van der Waals surface area contributed by atoms with Crippen LogP contribution in [0.2, 0.25) is 0 Å². The second-order valence-corrected chi connectivity index (χ2v) is 8.19. The summed E-state index contributed by atoms with van der Waals surface area (Å²) in [4.78, 5) is 11.7. The van der Waals surface area contributed by atoms with Crippen LogP contribution in [0.3, 0.4) is 0 Å². The minimum Gasteiger partial charge on any atom is -0.497 e. The summed E-state index contributed by atoms with van der Waals surface area (Å²) >= 11 is 0. The Morgan fingerprint density at radius 2 is 1.62 bits per heavy atom. The first-order chi connectivity index (χ1) is 16.6. The van der Waals surface area contributed by atoms with Crippen molar-refractivity contribution in [1.82, 2.24) is 0 Å². The van der Waals surface area contributed by atoms with Gasteiger partial charge in [0.2, 0.25) is 0 Å². The molecule has 34 heavy (non-hydrogen) atoms. The second kappa shape index (κ2) is 10.8. The number of hydrogen-bond acceptors (Lipinski definition) is 3. The van der Waals surface area contributed by atoms with Gasteiger partial charge in [0.15, 0.2) is 0 Å². The van der Waals surface area contributed by atoms with Gasteiger partial charge in [0, 0.05) is 6.08 Å². The molecule has 0 N–H and O–H groups in total. The van der Waals surface area contributed by atoms with Gasteiger partial charge in [0.1, 0.15) is 5.75 Å². The van der Waals surface area contributed by atoms with Crippen molar-refractivity contribution in [3.05, 3.63) is 112 Å². The molecule has 0 atom stereocenters. The third-order valence-electron chi connectivity index (χ3n) is 6.08. The fourth-order valence-corrected chi connectivity index (χ4v) is 4.43. The number of carbonyl (C=O) groups is 1. The van der Waals surface area contributed by atoms with E-state index in [4.69, 9.17) is 9.47 Å². The molecule has 0 saturated heterocycles. The van der Waals surface area contributed by atoms with Gasteiger partial charge in [-0.2, -0.15) is 0 Å². The van der Waals surface area contributed by atoms with E-state index in [1.807, 2.05) is 12.1 Å². The maximum Gasteiger partial charge on any atom is 0.330 e. The van der Waals surface area contributed by atoms with Gasteiger partial charge >= 0.3 is 5.97 Å². The highest BCUT2D eigenvalue weighted by Crippen LogP contribution is 2.40. The standard InChI is InChI=1S/C31H30O3/c1-4-29(23-15-17-28(33-3)18-16-23)31(27-20-25-8-6-7-9-26(25)21-27)24-13-10-22(11-14-24)12-19-30(32)34-5-2/h6-20H,4-5,21H2,1-3H3/b19-12+,31-29+. The summed E-state index contributed by atoms with van der Waals surface area (Å²) in [5, 5.41) is 0. The van der Waals surface area contributed by atoms with Crippen LogP contribution in [0.5, 0.6) is 5.75 Å². The molecule has 0 radical (unpaired) electrons. The van der Waals surface area contributed by atoms with Gasteiger partial charge < -0.3 is 9.47 Å². The number of rotatable bonds is 8. The van der Waals surface area contributed by atoms with Gasteiger partial charge in [-0.25, -0.2) is 4.79 Å². The summed E-state index contributed by atoms with van der Waals surface area (Å²) in [6.07, 6.45) is 7.40. The number of benzene rings is 3. The number of esters is 1. The molecule has 1 aliphatic carbocycles. The summed E-state index contributed by atoms with van der Waals surface area (Å²) in [5.41, 5.74) is 9.86. The summed E-state index contributed by atoms with van der Waals surface area (Å²) in [5.74, 6) is 0.528. The predicted octanol–water partition coefficient (Wildman–Crippen LogP) is 7.23. The van der Waals surface area contributed by atoms with E-state index >= 15 is 0 Å². The van der Waals surface area contributed by atoms with Crippen LogP contribution in [0.15, 0.2) is 84.4 Å². The zero-order valence-electron chi connectivity index (χ0n) is 20.0. The Morgan fingerprint density at radius 3 is 2.26 bits per heavy atom. The van der Waals surface area contributed by atoms with E-state index in [0.717, 1.165) is 24.2 Å². The Labute approximate surface area is 202 Å². The van der Waals surface area contributed by atoms with Crippen molar-refractivity contribution >= 4 is 29.3 Å². The molecule has 3 nitrogen and oxygen atoms in total. The molecule has 3 aromatic rings. The first kappa shape index (κ1) is 23.3. The molecule has 0 fully saturated rings. The summed E-state index contributed by atoms with van der Waals surface area (Å²) in [7, 11) is 1.69. The Morgan fingerprint density at radius 1 is 0.912 bits per heavy atom. The molecule has 0 saturated carbocycles. The van der Waals surface area contributed by atoms with Gasteiger partial charge in [-0.05, 0) is 82.5 Å². The van der Waals surface area contributed by atoms with Gasteiger partial charge in [-0.1, -0.05) is 73.7 Å². The van der Waals surface area contributed by atoms with Gasteiger partial charge in [0.05, 0.1) is 13.7 Å². The van der Waals surface area contributed by atoms with Crippen molar-refractivity contribution in [2.45, 2.75) is 26.7 Å². The number of fused-ring (bicyclic) bond motifs is 1. The lowest BCUT2D eigenvalue weighted by Gasteiger charge is -2.18. The molecule has 0 amide bonds. The molecule has 0 unspecified atom stereocenters. The van der Waals surface area contributed by atoms with E-state index in [9.17, 15) is 4.79 Å². The van der Waals surface area contributed by atoms with Crippen LogP contribution in [0.4, 0.5) is 0 Å². The first-order valence-electron chi connectivity index (χ1n) is 11.7. The second-order valence-electron chi connectivity index (χ2n) is 8.19. The summed E-state index contributed by atoms with van der Waals surface area (Å²) in [6, 6.07) is 25.3. The molecule has 0 bridgehead atoms. The molecule has 0 heterocycles. The topological polar surface area (TPSA) is 35.5 Å². The van der Waals surface area contributed by atoms with E-state index < -0.39 is 0 Å². The number of allylic oxidation sites excluding steroid dienone is 3. The zero-order valence-corrected chi connectivity index (χ0v) is 20.0. The molecule has 3 heteroatoms. The Hall–Kier alpha value is -3.85. The fourth-order valence-electron chi connectivity index (χ4n) is 4.43. The van der Waals surface area contributed by atoms with E-state index in [2.05, 4.69) is 73.7 Å². The van der Waals surface area contributed by atoms with Gasteiger partial charge in [0.25, 0.3) is 0 Å². The fraction of sp³-hybridized carbons (Fsp3) is 0.194. The monoisotopic (exact) mass is 450 g/mol. The van der Waals surface area contributed by atoms with Crippen LogP contribution in [-0.4, -0.2) is 19.7 Å². The first-order valence-corrected chi connectivity index (χ1v) is 11.7. The highest BCUT2D eigenvalue weighted by Gasteiger charge is 2.20. The molecule has 0 aliphatic heterocycles. The number of methoxy groups -OCH3 is 1. The molecular formula is C31H30O3. The summed E-state index contributed by atoms with van der Waals surface area (Å²) < 4.78 is 10.4. The normalized spacial score (nSPS) is 13.3.